The average molecular weight is 326 g/mol. The Bertz CT molecular complexity index is 742. The summed E-state index contributed by atoms with van der Waals surface area (Å²) in [5.74, 6) is 0.775. The number of thioether (sulfide) groups is 1. The highest BCUT2D eigenvalue weighted by atomic mass is 32.2. The molecular weight excluding hydrogens is 312 g/mol. The summed E-state index contributed by atoms with van der Waals surface area (Å²) < 4.78 is 0. The molecule has 0 fully saturated rings. The molecule has 3 nitrogen and oxygen atoms in total. The lowest BCUT2D eigenvalue weighted by atomic mass is 10.2. The molecule has 0 radical (unpaired) electrons. The monoisotopic (exact) mass is 326 g/mol. The van der Waals surface area contributed by atoms with E-state index in [0.717, 1.165) is 16.3 Å². The topological polar surface area (TPSA) is 42.0 Å². The van der Waals surface area contributed by atoms with Crippen LogP contribution in [0.4, 0.5) is 5.69 Å². The van der Waals surface area contributed by atoms with E-state index in [9.17, 15) is 4.79 Å². The lowest BCUT2D eigenvalue weighted by Crippen LogP contribution is -2.12. The van der Waals surface area contributed by atoms with Gasteiger partial charge >= 0.3 is 0 Å². The zero-order chi connectivity index (χ0) is 15.2. The Hall–Kier alpha value is -2.11. The number of aromatic nitrogens is 1. The summed E-state index contributed by atoms with van der Waals surface area (Å²) in [6.07, 6.45) is 3.23. The number of thiophene rings is 1. The van der Waals surface area contributed by atoms with E-state index in [1.165, 1.54) is 5.56 Å². The molecule has 22 heavy (non-hydrogen) atoms. The fourth-order valence-corrected chi connectivity index (χ4v) is 3.65. The fraction of sp³-hybridized carbons (Fsp3) is 0.0588. The minimum atomic E-state index is -0.119. The fourth-order valence-electron chi connectivity index (χ4n) is 1.93. The van der Waals surface area contributed by atoms with E-state index in [4.69, 9.17) is 0 Å². The summed E-state index contributed by atoms with van der Waals surface area (Å²) in [5.41, 5.74) is 2.74. The van der Waals surface area contributed by atoms with Crippen LogP contribution >= 0.6 is 23.1 Å². The number of hydrogen-bond acceptors (Lipinski definition) is 4. The van der Waals surface area contributed by atoms with Crippen LogP contribution in [0.5, 0.6) is 0 Å². The van der Waals surface area contributed by atoms with Crippen molar-refractivity contribution in [2.45, 2.75) is 10.6 Å². The maximum absolute atomic E-state index is 12.3. The number of benzene rings is 1. The molecule has 0 aliphatic carbocycles. The predicted molar refractivity (Wildman–Crippen MR) is 92.5 cm³/mol. The normalized spacial score (nSPS) is 10.4. The molecule has 5 heteroatoms. The van der Waals surface area contributed by atoms with E-state index in [1.807, 2.05) is 24.3 Å². The first-order valence-electron chi connectivity index (χ1n) is 6.77. The lowest BCUT2D eigenvalue weighted by molar-refractivity contribution is 0.102. The van der Waals surface area contributed by atoms with Gasteiger partial charge < -0.3 is 5.32 Å². The minimum Gasteiger partial charge on any atom is -0.321 e. The highest BCUT2D eigenvalue weighted by Crippen LogP contribution is 2.30. The van der Waals surface area contributed by atoms with E-state index >= 15 is 0 Å². The van der Waals surface area contributed by atoms with Gasteiger partial charge in [-0.25, -0.2) is 0 Å². The molecule has 0 bridgehead atoms. The third-order valence-electron chi connectivity index (χ3n) is 3.05. The lowest BCUT2D eigenvalue weighted by Gasteiger charge is -2.10. The Morgan fingerprint density at radius 3 is 2.73 bits per heavy atom. The maximum Gasteiger partial charge on any atom is 0.255 e. The maximum atomic E-state index is 12.3. The van der Waals surface area contributed by atoms with Crippen LogP contribution in [0.3, 0.4) is 0 Å². The zero-order valence-electron chi connectivity index (χ0n) is 11.7. The highest BCUT2D eigenvalue weighted by Gasteiger charge is 2.09. The molecule has 3 rings (SSSR count). The minimum absolute atomic E-state index is 0.119. The van der Waals surface area contributed by atoms with Crippen LogP contribution in [-0.4, -0.2) is 10.9 Å². The number of carbonyl (C=O) groups excluding carboxylic acids is 1. The van der Waals surface area contributed by atoms with Gasteiger partial charge in [-0.2, -0.15) is 11.3 Å². The smallest absolute Gasteiger partial charge is 0.255 e. The SMILES string of the molecule is O=C(Nc1ccccc1SCc1ccsc1)c1ccncc1. The molecule has 1 aromatic carbocycles. The van der Waals surface area contributed by atoms with Crippen LogP contribution in [0.25, 0.3) is 0 Å². The number of nitrogens with one attached hydrogen (secondary N) is 1. The molecule has 2 aromatic heterocycles. The quantitative estimate of drug-likeness (QED) is 0.692. The van der Waals surface area contributed by atoms with Gasteiger partial charge in [-0.15, -0.1) is 11.8 Å². The molecule has 0 aliphatic heterocycles. The number of rotatable bonds is 5. The Balaban J connectivity index is 1.72. The second-order valence-electron chi connectivity index (χ2n) is 4.61. The summed E-state index contributed by atoms with van der Waals surface area (Å²) in [6.45, 7) is 0. The van der Waals surface area contributed by atoms with Crippen LogP contribution in [0.15, 0.2) is 70.5 Å². The summed E-state index contributed by atoms with van der Waals surface area (Å²) in [5, 5.41) is 7.19. The Labute approximate surface area is 137 Å². The van der Waals surface area contributed by atoms with Gasteiger partial charge in [0.05, 0.1) is 5.69 Å². The second-order valence-corrected chi connectivity index (χ2v) is 6.40. The summed E-state index contributed by atoms with van der Waals surface area (Å²) in [4.78, 5) is 17.2. The molecule has 0 spiro atoms. The summed E-state index contributed by atoms with van der Waals surface area (Å²) in [6, 6.07) is 13.4. The van der Waals surface area contributed by atoms with Crippen molar-refractivity contribution in [2.75, 3.05) is 5.32 Å². The van der Waals surface area contributed by atoms with Crippen molar-refractivity contribution >= 4 is 34.7 Å². The molecule has 3 aromatic rings. The zero-order valence-corrected chi connectivity index (χ0v) is 13.4. The number of amides is 1. The molecular formula is C17H14N2OS2. The summed E-state index contributed by atoms with van der Waals surface area (Å²) >= 11 is 3.42. The number of hydrogen-bond donors (Lipinski definition) is 1. The van der Waals surface area contributed by atoms with Crippen molar-refractivity contribution in [2.24, 2.45) is 0 Å². The van der Waals surface area contributed by atoms with E-state index in [0.29, 0.717) is 5.56 Å². The number of para-hydroxylation sites is 1. The molecule has 1 N–H and O–H groups in total. The van der Waals surface area contributed by atoms with Crippen molar-refractivity contribution in [3.05, 3.63) is 76.7 Å². The molecule has 0 saturated heterocycles. The van der Waals surface area contributed by atoms with E-state index < -0.39 is 0 Å². The van der Waals surface area contributed by atoms with E-state index in [1.54, 1.807) is 47.6 Å². The van der Waals surface area contributed by atoms with Gasteiger partial charge in [0, 0.05) is 28.6 Å². The number of anilines is 1. The van der Waals surface area contributed by atoms with Crippen LogP contribution in [0.2, 0.25) is 0 Å². The first-order chi connectivity index (χ1) is 10.8. The van der Waals surface area contributed by atoms with Crippen LogP contribution in [0.1, 0.15) is 15.9 Å². The van der Waals surface area contributed by atoms with Gasteiger partial charge in [0.1, 0.15) is 0 Å². The largest absolute Gasteiger partial charge is 0.321 e. The molecule has 0 aliphatic rings. The third-order valence-corrected chi connectivity index (χ3v) is 4.93. The molecule has 1 amide bonds. The van der Waals surface area contributed by atoms with Gasteiger partial charge in [-0.05, 0) is 46.7 Å². The van der Waals surface area contributed by atoms with Crippen molar-refractivity contribution in [1.29, 1.82) is 0 Å². The van der Waals surface area contributed by atoms with Gasteiger partial charge in [0.15, 0.2) is 0 Å². The standard InChI is InChI=1S/C17H14N2OS2/c20-17(14-5-8-18-9-6-14)19-15-3-1-2-4-16(15)22-12-13-7-10-21-11-13/h1-11H,12H2,(H,19,20). The molecule has 110 valence electrons. The number of nitrogens with zero attached hydrogens (tertiary/aromatic N) is 1. The second kappa shape index (κ2) is 7.24. The predicted octanol–water partition coefficient (Wildman–Crippen LogP) is 4.69. The van der Waals surface area contributed by atoms with E-state index in [2.05, 4.69) is 27.1 Å². The number of pyridine rings is 1. The summed E-state index contributed by atoms with van der Waals surface area (Å²) in [7, 11) is 0. The van der Waals surface area contributed by atoms with Gasteiger partial charge in [-0.1, -0.05) is 12.1 Å². The van der Waals surface area contributed by atoms with E-state index in [-0.39, 0.29) is 5.91 Å². The Morgan fingerprint density at radius 1 is 1.14 bits per heavy atom. The molecule has 0 atom stereocenters. The molecule has 0 unspecified atom stereocenters. The first-order valence-corrected chi connectivity index (χ1v) is 8.70. The van der Waals surface area contributed by atoms with Crippen molar-refractivity contribution in [3.8, 4) is 0 Å². The van der Waals surface area contributed by atoms with Crippen molar-refractivity contribution in [1.82, 2.24) is 4.98 Å². The van der Waals surface area contributed by atoms with Gasteiger partial charge in [0.25, 0.3) is 5.91 Å². The van der Waals surface area contributed by atoms with Crippen LogP contribution in [0, 0.1) is 0 Å². The van der Waals surface area contributed by atoms with Gasteiger partial charge in [-0.3, -0.25) is 9.78 Å². The highest BCUT2D eigenvalue weighted by molar-refractivity contribution is 7.98. The Kier molecular flexibility index (Phi) is 4.88. The van der Waals surface area contributed by atoms with Crippen LogP contribution in [-0.2, 0) is 5.75 Å². The average Bonchev–Trinajstić information content (AvgIpc) is 3.08. The third kappa shape index (κ3) is 3.75. The van der Waals surface area contributed by atoms with Gasteiger partial charge in [0.2, 0.25) is 0 Å². The van der Waals surface area contributed by atoms with Crippen molar-refractivity contribution < 1.29 is 4.79 Å². The number of carbonyl (C=O) groups is 1. The first kappa shape index (κ1) is 14.8. The molecule has 0 saturated carbocycles. The van der Waals surface area contributed by atoms with Crippen molar-refractivity contribution in [3.63, 3.8) is 0 Å². The Morgan fingerprint density at radius 2 is 1.95 bits per heavy atom. The van der Waals surface area contributed by atoms with Crippen LogP contribution < -0.4 is 5.32 Å². The molecule has 2 heterocycles.